The van der Waals surface area contributed by atoms with Gasteiger partial charge in [0.1, 0.15) is 0 Å². The van der Waals surface area contributed by atoms with Gasteiger partial charge in [0, 0.05) is 0 Å². The largest absolute Gasteiger partial charge is 0.481 e. The molecule has 0 heterocycles. The molecular weight excluding hydrogens is 681 g/mol. The van der Waals surface area contributed by atoms with Gasteiger partial charge < -0.3 is 5.11 Å². The first kappa shape index (κ1) is 55.5. The highest BCUT2D eigenvalue weighted by atomic mass is 16.4. The number of carbonyl (C=O) groups is 1. The van der Waals surface area contributed by atoms with E-state index in [2.05, 4.69) is 27.7 Å². The molecule has 0 amide bonds. The van der Waals surface area contributed by atoms with Crippen LogP contribution in [0, 0.1) is 11.3 Å². The van der Waals surface area contributed by atoms with Crippen LogP contribution in [-0.2, 0) is 4.79 Å². The lowest BCUT2D eigenvalue weighted by molar-refractivity contribution is -0.150. The maximum atomic E-state index is 13.0. The van der Waals surface area contributed by atoms with E-state index in [1.807, 2.05) is 0 Å². The molecule has 0 fully saturated rings. The van der Waals surface area contributed by atoms with Crippen LogP contribution in [0.15, 0.2) is 0 Å². The number of unbranched alkanes of at least 4 members (excludes halogenated alkanes) is 40. The van der Waals surface area contributed by atoms with Crippen molar-refractivity contribution in [1.29, 1.82) is 0 Å². The summed E-state index contributed by atoms with van der Waals surface area (Å²) in [5, 5.41) is 10.7. The van der Waals surface area contributed by atoms with E-state index in [9.17, 15) is 9.90 Å². The van der Waals surface area contributed by atoms with Crippen LogP contribution in [0.1, 0.15) is 329 Å². The molecule has 2 nitrogen and oxygen atoms in total. The van der Waals surface area contributed by atoms with E-state index in [1.54, 1.807) is 0 Å². The first-order chi connectivity index (χ1) is 27.5. The molecule has 0 spiro atoms. The third kappa shape index (κ3) is 40.3. The van der Waals surface area contributed by atoms with Crippen LogP contribution in [-0.4, -0.2) is 11.1 Å². The second kappa shape index (κ2) is 45.6. The first-order valence-electron chi connectivity index (χ1n) is 26.7. The van der Waals surface area contributed by atoms with E-state index < -0.39 is 11.4 Å². The van der Waals surface area contributed by atoms with Crippen molar-refractivity contribution in [2.24, 2.45) is 11.3 Å². The van der Waals surface area contributed by atoms with Crippen LogP contribution in [0.2, 0.25) is 0 Å². The molecule has 1 atom stereocenters. The average molecular weight is 789 g/mol. The predicted molar refractivity (Wildman–Crippen MR) is 253 cm³/mol. The Kier molecular flexibility index (Phi) is 45.1. The molecule has 0 aromatic heterocycles. The van der Waals surface area contributed by atoms with Gasteiger partial charge in [-0.05, 0) is 25.2 Å². The zero-order chi connectivity index (χ0) is 40.9. The number of rotatable bonds is 49. The number of carboxylic acids is 1. The lowest BCUT2D eigenvalue weighted by atomic mass is 9.74. The van der Waals surface area contributed by atoms with E-state index in [1.165, 1.54) is 263 Å². The van der Waals surface area contributed by atoms with Crippen molar-refractivity contribution in [3.8, 4) is 0 Å². The van der Waals surface area contributed by atoms with Crippen LogP contribution in [0.5, 0.6) is 0 Å². The van der Waals surface area contributed by atoms with Crippen LogP contribution in [0.25, 0.3) is 0 Å². The lowest BCUT2D eigenvalue weighted by Gasteiger charge is -2.30. The van der Waals surface area contributed by atoms with Crippen molar-refractivity contribution in [1.82, 2.24) is 0 Å². The molecule has 2 heteroatoms. The van der Waals surface area contributed by atoms with E-state index in [-0.39, 0.29) is 0 Å². The summed E-state index contributed by atoms with van der Waals surface area (Å²) in [7, 11) is 0. The Morgan fingerprint density at radius 2 is 0.500 bits per heavy atom. The normalized spacial score (nSPS) is 12.9. The molecule has 1 N–H and O–H groups in total. The van der Waals surface area contributed by atoms with Crippen LogP contribution in [0.3, 0.4) is 0 Å². The summed E-state index contributed by atoms with van der Waals surface area (Å²) in [6.45, 7) is 9.28. The second-order valence-electron chi connectivity index (χ2n) is 19.5. The third-order valence-electron chi connectivity index (χ3n) is 13.4. The van der Waals surface area contributed by atoms with Gasteiger partial charge >= 0.3 is 5.97 Å². The molecule has 0 saturated carbocycles. The Balaban J connectivity index is 4.33. The van der Waals surface area contributed by atoms with E-state index >= 15 is 0 Å². The molecule has 56 heavy (non-hydrogen) atoms. The smallest absolute Gasteiger partial charge is 0.309 e. The first-order valence-corrected chi connectivity index (χ1v) is 26.7. The van der Waals surface area contributed by atoms with E-state index in [0.717, 1.165) is 44.4 Å². The maximum Gasteiger partial charge on any atom is 0.309 e. The van der Waals surface area contributed by atoms with Crippen LogP contribution >= 0.6 is 0 Å². The molecule has 0 bridgehead atoms. The third-order valence-corrected chi connectivity index (χ3v) is 13.4. The highest BCUT2D eigenvalue weighted by Gasteiger charge is 2.36. The number of hydrogen-bond acceptors (Lipinski definition) is 1. The van der Waals surface area contributed by atoms with Gasteiger partial charge in [0.15, 0.2) is 0 Å². The maximum absolute atomic E-state index is 13.0. The summed E-state index contributed by atoms with van der Waals surface area (Å²) >= 11 is 0. The number of hydrogen-bond donors (Lipinski definition) is 1. The summed E-state index contributed by atoms with van der Waals surface area (Å²) in [4.78, 5) is 13.0. The quantitative estimate of drug-likeness (QED) is 0.0624. The van der Waals surface area contributed by atoms with Gasteiger partial charge in [0.25, 0.3) is 0 Å². The number of aliphatic carboxylic acids is 1. The zero-order valence-electron chi connectivity index (χ0n) is 39.7. The zero-order valence-corrected chi connectivity index (χ0v) is 39.7. The fourth-order valence-electron chi connectivity index (χ4n) is 9.33. The molecule has 0 aromatic rings. The summed E-state index contributed by atoms with van der Waals surface area (Å²) in [6, 6.07) is 0. The van der Waals surface area contributed by atoms with Gasteiger partial charge in [-0.15, -0.1) is 0 Å². The van der Waals surface area contributed by atoms with Crippen LogP contribution < -0.4 is 0 Å². The van der Waals surface area contributed by atoms with E-state index in [4.69, 9.17) is 0 Å². The molecular formula is C54H108O2. The molecule has 0 saturated heterocycles. The summed E-state index contributed by atoms with van der Waals surface area (Å²) in [6.07, 6.45) is 62.9. The van der Waals surface area contributed by atoms with Crippen molar-refractivity contribution in [2.45, 2.75) is 329 Å². The minimum atomic E-state index is -0.479. The lowest BCUT2D eigenvalue weighted by Crippen LogP contribution is -2.31. The summed E-state index contributed by atoms with van der Waals surface area (Å²) < 4.78 is 0. The average Bonchev–Trinajstić information content (AvgIpc) is 3.18. The SMILES string of the molecule is CCCCCCCCCCCCCCCCCCC(CCCCCCCCCCCCCCCC)(CCCCCCCCCCCCCCCC(C)C)C(=O)O. The molecule has 0 rings (SSSR count). The Morgan fingerprint density at radius 3 is 0.679 bits per heavy atom. The van der Waals surface area contributed by atoms with Crippen molar-refractivity contribution in [2.75, 3.05) is 0 Å². The molecule has 0 aliphatic rings. The fraction of sp³-hybridized carbons (Fsp3) is 0.981. The minimum Gasteiger partial charge on any atom is -0.481 e. The Bertz CT molecular complexity index is 745. The van der Waals surface area contributed by atoms with Gasteiger partial charge in [0.2, 0.25) is 0 Å². The van der Waals surface area contributed by atoms with Crippen LogP contribution in [0.4, 0.5) is 0 Å². The highest BCUT2D eigenvalue weighted by Crippen LogP contribution is 2.38. The van der Waals surface area contributed by atoms with E-state index in [0.29, 0.717) is 0 Å². The van der Waals surface area contributed by atoms with Gasteiger partial charge in [-0.1, -0.05) is 310 Å². The summed E-state index contributed by atoms with van der Waals surface area (Å²) in [5.74, 6) is 0.384. The second-order valence-corrected chi connectivity index (χ2v) is 19.5. The van der Waals surface area contributed by atoms with Crippen molar-refractivity contribution in [3.63, 3.8) is 0 Å². The fourth-order valence-corrected chi connectivity index (χ4v) is 9.33. The van der Waals surface area contributed by atoms with Crippen molar-refractivity contribution in [3.05, 3.63) is 0 Å². The Labute approximate surface area is 355 Å². The standard InChI is InChI=1S/C54H108O2/c1-5-7-9-11-13-15-17-19-21-22-26-30-34-38-42-46-50-54(53(55)56,49-45-41-37-33-29-25-20-18-16-14-12-10-8-6-2)51-47-43-39-35-31-27-23-24-28-32-36-40-44-48-52(3)4/h52H,5-51H2,1-4H3,(H,55,56). The predicted octanol–water partition coefficient (Wildman–Crippen LogP) is 20.1. The molecule has 0 aromatic carbocycles. The molecule has 0 aliphatic carbocycles. The topological polar surface area (TPSA) is 37.3 Å². The minimum absolute atomic E-state index is 0.470. The van der Waals surface area contributed by atoms with Gasteiger partial charge in [-0.2, -0.15) is 0 Å². The van der Waals surface area contributed by atoms with Gasteiger partial charge in [-0.3, -0.25) is 4.79 Å². The Hall–Kier alpha value is -0.530. The van der Waals surface area contributed by atoms with Crippen molar-refractivity contribution >= 4 is 5.97 Å². The van der Waals surface area contributed by atoms with Crippen molar-refractivity contribution < 1.29 is 9.90 Å². The monoisotopic (exact) mass is 789 g/mol. The molecule has 1 unspecified atom stereocenters. The van der Waals surface area contributed by atoms with Gasteiger partial charge in [-0.25, -0.2) is 0 Å². The Morgan fingerprint density at radius 1 is 0.321 bits per heavy atom. The summed E-state index contributed by atoms with van der Waals surface area (Å²) in [5.41, 5.74) is -0.470. The molecule has 336 valence electrons. The number of carboxylic acid groups (broad SMARTS) is 1. The molecule has 0 radical (unpaired) electrons. The van der Waals surface area contributed by atoms with Gasteiger partial charge in [0.05, 0.1) is 5.41 Å². The molecule has 0 aliphatic heterocycles. The highest BCUT2D eigenvalue weighted by molar-refractivity contribution is 5.74.